The first-order valence-electron chi connectivity index (χ1n) is 9.44. The average Bonchev–Trinajstić information content (AvgIpc) is 3.36. The predicted molar refractivity (Wildman–Crippen MR) is 105 cm³/mol. The maximum atomic E-state index is 12.0. The maximum Gasteiger partial charge on any atom is 0.245 e. The van der Waals surface area contributed by atoms with E-state index in [-0.39, 0.29) is 18.1 Å². The molecule has 28 heavy (non-hydrogen) atoms. The van der Waals surface area contributed by atoms with Gasteiger partial charge in [0.15, 0.2) is 0 Å². The van der Waals surface area contributed by atoms with E-state index in [9.17, 15) is 4.79 Å². The molecule has 2 atom stereocenters. The lowest BCUT2D eigenvalue weighted by Gasteiger charge is -2.34. The average molecular weight is 380 g/mol. The first-order chi connectivity index (χ1) is 13.5. The summed E-state index contributed by atoms with van der Waals surface area (Å²) < 4.78 is 9.84. The van der Waals surface area contributed by atoms with E-state index in [0.29, 0.717) is 5.88 Å². The Morgan fingerprint density at radius 1 is 1.36 bits per heavy atom. The molecule has 3 aromatic heterocycles. The second kappa shape index (κ2) is 7.46. The van der Waals surface area contributed by atoms with Crippen LogP contribution in [0.5, 0.6) is 5.88 Å². The molecule has 1 fully saturated rings. The minimum Gasteiger partial charge on any atom is -0.473 e. The minimum atomic E-state index is -0.0551. The Labute approximate surface area is 163 Å². The van der Waals surface area contributed by atoms with Crippen molar-refractivity contribution in [2.45, 2.75) is 37.8 Å². The van der Waals surface area contributed by atoms with Crippen LogP contribution >= 0.6 is 0 Å². The van der Waals surface area contributed by atoms with Crippen LogP contribution in [-0.4, -0.2) is 54.4 Å². The van der Waals surface area contributed by atoms with Crippen LogP contribution in [0.3, 0.4) is 0 Å². The molecule has 0 N–H and O–H groups in total. The van der Waals surface area contributed by atoms with Gasteiger partial charge in [-0.15, -0.1) is 0 Å². The van der Waals surface area contributed by atoms with Gasteiger partial charge in [0.25, 0.3) is 0 Å². The van der Waals surface area contributed by atoms with Gasteiger partial charge in [-0.1, -0.05) is 6.58 Å². The smallest absolute Gasteiger partial charge is 0.245 e. The quantitative estimate of drug-likeness (QED) is 0.636. The van der Waals surface area contributed by atoms with Gasteiger partial charge in [-0.2, -0.15) is 10.2 Å². The summed E-state index contributed by atoms with van der Waals surface area (Å²) in [6.07, 6.45) is 12.3. The summed E-state index contributed by atoms with van der Waals surface area (Å²) >= 11 is 0. The van der Waals surface area contributed by atoms with Crippen LogP contribution in [0.4, 0.5) is 0 Å². The molecule has 1 aliphatic carbocycles. The molecule has 146 valence electrons. The molecule has 8 heteroatoms. The molecule has 1 amide bonds. The van der Waals surface area contributed by atoms with Gasteiger partial charge in [0, 0.05) is 38.3 Å². The summed E-state index contributed by atoms with van der Waals surface area (Å²) in [5.74, 6) is 0.503. The Morgan fingerprint density at radius 2 is 2.21 bits per heavy atom. The maximum absolute atomic E-state index is 12.0. The van der Waals surface area contributed by atoms with Gasteiger partial charge in [-0.3, -0.25) is 9.48 Å². The van der Waals surface area contributed by atoms with Gasteiger partial charge in [0.1, 0.15) is 11.6 Å². The van der Waals surface area contributed by atoms with E-state index < -0.39 is 0 Å². The SMILES string of the molecule is C=CC(=O)N(C)[C@@H]1CCC[C@H](Oc2nc(-c3cnn(C)c3)cn3nccc23)C1. The van der Waals surface area contributed by atoms with Crippen molar-refractivity contribution in [3.05, 3.63) is 43.5 Å². The molecule has 4 rings (SSSR count). The van der Waals surface area contributed by atoms with Crippen LogP contribution in [0.15, 0.2) is 43.5 Å². The number of carbonyl (C=O) groups excluding carboxylic acids is 1. The highest BCUT2D eigenvalue weighted by Gasteiger charge is 2.28. The van der Waals surface area contributed by atoms with Crippen LogP contribution in [0.1, 0.15) is 25.7 Å². The normalized spacial score (nSPS) is 19.5. The summed E-state index contributed by atoms with van der Waals surface area (Å²) in [7, 11) is 3.70. The molecule has 1 aliphatic rings. The zero-order valence-corrected chi connectivity index (χ0v) is 16.2. The van der Waals surface area contributed by atoms with Crippen LogP contribution in [0, 0.1) is 0 Å². The third-order valence-corrected chi connectivity index (χ3v) is 5.30. The molecule has 0 aromatic carbocycles. The van der Waals surface area contributed by atoms with Crippen molar-refractivity contribution in [3.8, 4) is 17.1 Å². The van der Waals surface area contributed by atoms with E-state index in [1.165, 1.54) is 6.08 Å². The van der Waals surface area contributed by atoms with E-state index in [1.807, 2.05) is 32.6 Å². The Hall–Kier alpha value is -3.16. The Bertz CT molecular complexity index is 1010. The molecule has 0 bridgehead atoms. The van der Waals surface area contributed by atoms with Gasteiger partial charge in [0.05, 0.1) is 24.3 Å². The van der Waals surface area contributed by atoms with Crippen LogP contribution < -0.4 is 4.74 Å². The lowest BCUT2D eigenvalue weighted by atomic mass is 9.92. The number of fused-ring (bicyclic) bond motifs is 1. The third-order valence-electron chi connectivity index (χ3n) is 5.30. The summed E-state index contributed by atoms with van der Waals surface area (Å²) in [4.78, 5) is 18.5. The number of aromatic nitrogens is 5. The lowest BCUT2D eigenvalue weighted by molar-refractivity contribution is -0.127. The topological polar surface area (TPSA) is 77.6 Å². The fraction of sp³-hybridized carbons (Fsp3) is 0.400. The van der Waals surface area contributed by atoms with Crippen molar-refractivity contribution in [1.29, 1.82) is 0 Å². The fourth-order valence-corrected chi connectivity index (χ4v) is 3.74. The van der Waals surface area contributed by atoms with E-state index >= 15 is 0 Å². The first kappa shape index (κ1) is 18.2. The van der Waals surface area contributed by atoms with Gasteiger partial charge in [-0.25, -0.2) is 9.50 Å². The number of hydrogen-bond donors (Lipinski definition) is 0. The summed E-state index contributed by atoms with van der Waals surface area (Å²) in [5.41, 5.74) is 2.48. The highest BCUT2D eigenvalue weighted by atomic mass is 16.5. The number of amides is 1. The standard InChI is InChI=1S/C20H24N6O2/c1-4-19(27)25(3)15-6-5-7-16(10-15)28-20-18-8-9-21-26(18)13-17(23-20)14-11-22-24(2)12-14/h4,8-9,11-13,15-16H,1,5-7,10H2,2-3H3/t15-,16+/m1/s1. The number of ether oxygens (including phenoxy) is 1. The predicted octanol–water partition coefficient (Wildman–Crippen LogP) is 2.46. The van der Waals surface area contributed by atoms with E-state index in [4.69, 9.17) is 9.72 Å². The van der Waals surface area contributed by atoms with E-state index in [1.54, 1.807) is 26.5 Å². The van der Waals surface area contributed by atoms with E-state index in [2.05, 4.69) is 16.8 Å². The molecule has 1 saturated carbocycles. The number of aryl methyl sites for hydroxylation is 1. The number of rotatable bonds is 5. The molecule has 8 nitrogen and oxygen atoms in total. The molecule has 3 heterocycles. The van der Waals surface area contributed by atoms with Crippen molar-refractivity contribution >= 4 is 11.4 Å². The van der Waals surface area contributed by atoms with Crippen molar-refractivity contribution in [1.82, 2.24) is 29.3 Å². The Balaban J connectivity index is 1.59. The minimum absolute atomic E-state index is 0.00540. The van der Waals surface area contributed by atoms with Crippen molar-refractivity contribution in [2.75, 3.05) is 7.05 Å². The van der Waals surface area contributed by atoms with Crippen molar-refractivity contribution in [2.24, 2.45) is 7.05 Å². The monoisotopic (exact) mass is 380 g/mol. The molecule has 3 aromatic rings. The van der Waals surface area contributed by atoms with Gasteiger partial charge in [-0.05, 0) is 31.4 Å². The number of carbonyl (C=O) groups is 1. The van der Waals surface area contributed by atoms with Gasteiger partial charge in [0.2, 0.25) is 11.8 Å². The second-order valence-corrected chi connectivity index (χ2v) is 7.21. The van der Waals surface area contributed by atoms with Crippen LogP contribution in [-0.2, 0) is 11.8 Å². The molecule has 0 spiro atoms. The number of likely N-dealkylation sites (N-methyl/N-ethyl adjacent to an activating group) is 1. The van der Waals surface area contributed by atoms with Crippen molar-refractivity contribution in [3.63, 3.8) is 0 Å². The first-order valence-corrected chi connectivity index (χ1v) is 9.44. The van der Waals surface area contributed by atoms with Gasteiger partial charge < -0.3 is 9.64 Å². The number of hydrogen-bond acceptors (Lipinski definition) is 5. The second-order valence-electron chi connectivity index (χ2n) is 7.21. The fourth-order valence-electron chi connectivity index (χ4n) is 3.74. The Morgan fingerprint density at radius 3 is 2.96 bits per heavy atom. The molecule has 0 radical (unpaired) electrons. The molecule has 0 unspecified atom stereocenters. The highest BCUT2D eigenvalue weighted by molar-refractivity contribution is 5.87. The zero-order chi connectivity index (χ0) is 19.7. The summed E-state index contributed by atoms with van der Waals surface area (Å²) in [6.45, 7) is 3.58. The Kier molecular flexibility index (Phi) is 4.85. The van der Waals surface area contributed by atoms with E-state index in [0.717, 1.165) is 42.5 Å². The largest absolute Gasteiger partial charge is 0.473 e. The lowest BCUT2D eigenvalue weighted by Crippen LogP contribution is -2.42. The van der Waals surface area contributed by atoms with Crippen LogP contribution in [0.25, 0.3) is 16.8 Å². The molecule has 0 aliphatic heterocycles. The van der Waals surface area contributed by atoms with Crippen LogP contribution in [0.2, 0.25) is 0 Å². The summed E-state index contributed by atoms with van der Waals surface area (Å²) in [5, 5.41) is 8.57. The zero-order valence-electron chi connectivity index (χ0n) is 16.2. The highest BCUT2D eigenvalue weighted by Crippen LogP contribution is 2.29. The molecular weight excluding hydrogens is 356 g/mol. The molecule has 0 saturated heterocycles. The van der Waals surface area contributed by atoms with Gasteiger partial charge >= 0.3 is 0 Å². The third kappa shape index (κ3) is 3.49. The molecular formula is C20H24N6O2. The summed E-state index contributed by atoms with van der Waals surface area (Å²) in [6, 6.07) is 2.04. The number of nitrogens with zero attached hydrogens (tertiary/aromatic N) is 6. The van der Waals surface area contributed by atoms with Crippen molar-refractivity contribution < 1.29 is 9.53 Å².